The van der Waals surface area contributed by atoms with E-state index in [1.54, 1.807) is 0 Å². The van der Waals surface area contributed by atoms with Crippen LogP contribution in [-0.2, 0) is 14.9 Å². The minimum Gasteiger partial charge on any atom is -0.545 e. The van der Waals surface area contributed by atoms with E-state index < -0.39 is 26.9 Å². The van der Waals surface area contributed by atoms with Crippen molar-refractivity contribution >= 4 is 16.1 Å². The fourth-order valence-electron chi connectivity index (χ4n) is 0.768. The summed E-state index contributed by atoms with van der Waals surface area (Å²) in [6.07, 6.45) is -0.0500. The van der Waals surface area contributed by atoms with Crippen LogP contribution >= 0.6 is 0 Å². The molecule has 7 heteroatoms. The Hall–Kier alpha value is 0.120. The Kier molecular flexibility index (Phi) is 6.91. The average Bonchev–Trinajstić information content (AvgIpc) is 1.85. The molecule has 0 bridgehead atoms. The van der Waals surface area contributed by atoms with Crippen molar-refractivity contribution < 1.29 is 52.4 Å². The van der Waals surface area contributed by atoms with Gasteiger partial charge in [0.25, 0.3) is 10.1 Å². The van der Waals surface area contributed by atoms with Gasteiger partial charge in [0, 0.05) is 0 Å². The molecule has 0 heterocycles. The Morgan fingerprint density at radius 1 is 1.62 bits per heavy atom. The van der Waals surface area contributed by atoms with Gasteiger partial charge in [-0.3, -0.25) is 4.55 Å². The Balaban J connectivity index is 0. The molecule has 0 radical (unpaired) electrons. The molecular formula is C6H9NaO5S. The van der Waals surface area contributed by atoms with E-state index in [1.165, 1.54) is 6.92 Å². The zero-order valence-corrected chi connectivity index (χ0v) is 10.3. The average molecular weight is 216 g/mol. The summed E-state index contributed by atoms with van der Waals surface area (Å²) in [6, 6.07) is 0. The minimum atomic E-state index is -4.38. The first-order chi connectivity index (χ1) is 5.30. The molecule has 0 aromatic carbocycles. The molecule has 0 saturated carbocycles. The zero-order valence-electron chi connectivity index (χ0n) is 7.48. The van der Waals surface area contributed by atoms with Gasteiger partial charge < -0.3 is 9.90 Å². The number of hydrogen-bond donors (Lipinski definition) is 1. The molecule has 0 fully saturated rings. The molecule has 0 aromatic rings. The van der Waals surface area contributed by atoms with Gasteiger partial charge in [-0.25, -0.2) is 0 Å². The summed E-state index contributed by atoms with van der Waals surface area (Å²) in [5, 5.41) is 8.69. The van der Waals surface area contributed by atoms with Gasteiger partial charge in [-0.05, 0) is 12.0 Å². The number of rotatable bonds is 4. The Bertz CT molecular complexity index is 294. The van der Waals surface area contributed by atoms with Gasteiger partial charge in [0.1, 0.15) is 5.25 Å². The van der Waals surface area contributed by atoms with Gasteiger partial charge in [-0.15, -0.1) is 0 Å². The summed E-state index contributed by atoms with van der Waals surface area (Å²) < 4.78 is 29.5. The van der Waals surface area contributed by atoms with Gasteiger partial charge in [0.05, 0.1) is 5.97 Å². The third-order valence-corrected chi connectivity index (χ3v) is 2.72. The van der Waals surface area contributed by atoms with Gasteiger partial charge in [-0.1, -0.05) is 13.5 Å². The molecule has 0 rings (SSSR count). The molecule has 0 saturated heterocycles. The molecule has 1 N–H and O–H groups in total. The van der Waals surface area contributed by atoms with Crippen LogP contribution in [0.4, 0.5) is 0 Å². The van der Waals surface area contributed by atoms with Gasteiger partial charge in [0.2, 0.25) is 0 Å². The number of aliphatic carboxylic acids is 1. The van der Waals surface area contributed by atoms with Crippen molar-refractivity contribution in [1.82, 2.24) is 0 Å². The van der Waals surface area contributed by atoms with E-state index in [0.29, 0.717) is 0 Å². The van der Waals surface area contributed by atoms with Crippen molar-refractivity contribution in [2.24, 2.45) is 0 Å². The van der Waals surface area contributed by atoms with Crippen molar-refractivity contribution in [3.05, 3.63) is 12.2 Å². The van der Waals surface area contributed by atoms with Gasteiger partial charge in [-0.2, -0.15) is 8.42 Å². The predicted molar refractivity (Wildman–Crippen MR) is 39.8 cm³/mol. The SMILES string of the molecule is C=C(C(=O)[O-])C(CC)S(=O)(=O)O.[Na+]. The number of carboxylic acid groups (broad SMARTS) is 1. The maximum absolute atomic E-state index is 10.5. The van der Waals surface area contributed by atoms with E-state index in [-0.39, 0.29) is 36.0 Å². The molecule has 1 unspecified atom stereocenters. The van der Waals surface area contributed by atoms with Crippen LogP contribution in [0.5, 0.6) is 0 Å². The fourth-order valence-corrected chi connectivity index (χ4v) is 1.65. The summed E-state index contributed by atoms with van der Waals surface area (Å²) in [4.78, 5) is 10.2. The van der Waals surface area contributed by atoms with E-state index in [4.69, 9.17) is 4.55 Å². The summed E-state index contributed by atoms with van der Waals surface area (Å²) in [7, 11) is -4.38. The maximum atomic E-state index is 10.5. The standard InChI is InChI=1S/C6H10O5S.Na/c1-3-5(12(9,10)11)4(2)6(7)8;/h5H,2-3H2,1H3,(H,7,8)(H,9,10,11);/q;+1/p-1. The van der Waals surface area contributed by atoms with Crippen molar-refractivity contribution in [3.8, 4) is 0 Å². The molecule has 5 nitrogen and oxygen atoms in total. The Morgan fingerprint density at radius 2 is 2.00 bits per heavy atom. The Morgan fingerprint density at radius 3 is 2.08 bits per heavy atom. The van der Waals surface area contributed by atoms with E-state index in [0.717, 1.165) is 0 Å². The summed E-state index contributed by atoms with van der Waals surface area (Å²) in [6.45, 7) is 4.41. The van der Waals surface area contributed by atoms with Crippen LogP contribution in [-0.4, -0.2) is 24.2 Å². The van der Waals surface area contributed by atoms with Gasteiger partial charge in [0.15, 0.2) is 0 Å². The second kappa shape index (κ2) is 5.77. The zero-order chi connectivity index (χ0) is 9.94. The molecule has 0 aromatic heterocycles. The van der Waals surface area contributed by atoms with Crippen molar-refractivity contribution in [1.29, 1.82) is 0 Å². The van der Waals surface area contributed by atoms with Crippen LogP contribution in [0.15, 0.2) is 12.2 Å². The van der Waals surface area contributed by atoms with E-state index in [1.807, 2.05) is 0 Å². The van der Waals surface area contributed by atoms with Crippen molar-refractivity contribution in [2.75, 3.05) is 0 Å². The predicted octanol–water partition coefficient (Wildman–Crippen LogP) is -4.04. The molecule has 0 amide bonds. The number of hydrogen-bond acceptors (Lipinski definition) is 4. The van der Waals surface area contributed by atoms with Crippen molar-refractivity contribution in [3.63, 3.8) is 0 Å². The number of carbonyl (C=O) groups excluding carboxylic acids is 1. The molecular weight excluding hydrogens is 207 g/mol. The van der Waals surface area contributed by atoms with E-state index in [9.17, 15) is 18.3 Å². The topological polar surface area (TPSA) is 94.5 Å². The van der Waals surface area contributed by atoms with Gasteiger partial charge >= 0.3 is 29.6 Å². The molecule has 70 valence electrons. The third kappa shape index (κ3) is 4.78. The molecule has 1 atom stereocenters. The van der Waals surface area contributed by atoms with Crippen LogP contribution in [0.2, 0.25) is 0 Å². The summed E-state index contributed by atoms with van der Waals surface area (Å²) in [5.41, 5.74) is -0.625. The molecule has 13 heavy (non-hydrogen) atoms. The van der Waals surface area contributed by atoms with Crippen LogP contribution in [0.3, 0.4) is 0 Å². The summed E-state index contributed by atoms with van der Waals surface area (Å²) >= 11 is 0. The summed E-state index contributed by atoms with van der Waals surface area (Å²) in [5.74, 6) is -1.67. The first kappa shape index (κ1) is 15.6. The molecule has 0 aliphatic carbocycles. The van der Waals surface area contributed by atoms with Crippen LogP contribution in [0, 0.1) is 0 Å². The minimum absolute atomic E-state index is 0. The van der Waals surface area contributed by atoms with Crippen molar-refractivity contribution in [2.45, 2.75) is 18.6 Å². The van der Waals surface area contributed by atoms with Crippen LogP contribution < -0.4 is 34.7 Å². The third-order valence-electron chi connectivity index (χ3n) is 1.38. The normalized spacial score (nSPS) is 12.8. The maximum Gasteiger partial charge on any atom is 1.00 e. The smallest absolute Gasteiger partial charge is 0.545 e. The fraction of sp³-hybridized carbons (Fsp3) is 0.500. The largest absolute Gasteiger partial charge is 1.00 e. The second-order valence-electron chi connectivity index (χ2n) is 2.22. The first-order valence-electron chi connectivity index (χ1n) is 3.17. The second-order valence-corrected chi connectivity index (χ2v) is 3.82. The molecule has 0 aliphatic rings. The number of carboxylic acids is 1. The monoisotopic (exact) mass is 216 g/mol. The quantitative estimate of drug-likeness (QED) is 0.293. The molecule has 0 spiro atoms. The first-order valence-corrected chi connectivity index (χ1v) is 4.67. The molecule has 0 aliphatic heterocycles. The number of carbonyl (C=O) groups is 1. The van der Waals surface area contributed by atoms with Crippen LogP contribution in [0.1, 0.15) is 13.3 Å². The van der Waals surface area contributed by atoms with Crippen LogP contribution in [0.25, 0.3) is 0 Å². The Labute approximate surface area is 98.9 Å². The van der Waals surface area contributed by atoms with E-state index >= 15 is 0 Å². The van der Waals surface area contributed by atoms with E-state index in [2.05, 4.69) is 6.58 Å².